The van der Waals surface area contributed by atoms with Gasteiger partial charge in [-0.15, -0.1) is 0 Å². The van der Waals surface area contributed by atoms with Crippen LogP contribution in [0.1, 0.15) is 12.0 Å². The minimum absolute atomic E-state index is 0.00612. The summed E-state index contributed by atoms with van der Waals surface area (Å²) in [6.07, 6.45) is -0.748. The first-order valence-electron chi connectivity index (χ1n) is 10.0. The Labute approximate surface area is 182 Å². The van der Waals surface area contributed by atoms with Crippen molar-refractivity contribution in [3.8, 4) is 28.3 Å². The molecule has 1 fully saturated rings. The lowest BCUT2D eigenvalue weighted by molar-refractivity contribution is -0.128. The van der Waals surface area contributed by atoms with Gasteiger partial charge in [-0.3, -0.25) is 9.59 Å². The molecule has 9 heteroatoms. The summed E-state index contributed by atoms with van der Waals surface area (Å²) in [4.78, 5) is 27.3. The van der Waals surface area contributed by atoms with Crippen LogP contribution in [0.5, 0.6) is 5.75 Å². The molecule has 2 aromatic carbocycles. The van der Waals surface area contributed by atoms with E-state index in [0.29, 0.717) is 28.1 Å². The quantitative estimate of drug-likeness (QED) is 0.404. The maximum absolute atomic E-state index is 13.5. The third-order valence-electron chi connectivity index (χ3n) is 5.37. The average Bonchev–Trinajstić information content (AvgIpc) is 3.31. The molecule has 2 amide bonds. The number of hydrogen-bond acceptors (Lipinski definition) is 4. The number of aliphatic hydroxyl groups is 1. The Bertz CT molecular complexity index is 1160. The Kier molecular flexibility index (Phi) is 5.91. The fourth-order valence-corrected chi connectivity index (χ4v) is 3.70. The van der Waals surface area contributed by atoms with Crippen molar-refractivity contribution in [1.82, 2.24) is 15.6 Å². The van der Waals surface area contributed by atoms with E-state index in [4.69, 9.17) is 0 Å². The second kappa shape index (κ2) is 8.80. The van der Waals surface area contributed by atoms with E-state index in [2.05, 4.69) is 15.6 Å². The number of phenolic OH excluding ortho intramolecular Hbond substituents is 1. The van der Waals surface area contributed by atoms with Gasteiger partial charge in [0.2, 0.25) is 11.8 Å². The fourth-order valence-electron chi connectivity index (χ4n) is 3.70. The van der Waals surface area contributed by atoms with Crippen molar-refractivity contribution >= 4 is 11.8 Å². The lowest BCUT2D eigenvalue weighted by Gasteiger charge is -2.13. The number of benzene rings is 2. The molecule has 0 saturated carbocycles. The van der Waals surface area contributed by atoms with Crippen molar-refractivity contribution in [3.05, 3.63) is 65.7 Å². The Hall–Kier alpha value is -3.72. The molecule has 0 aliphatic carbocycles. The monoisotopic (exact) mass is 441 g/mol. The standard InChI is InChI=1S/C23H21F2N3O4/c24-14-4-1-12(2-5-14)17-9-13(21(27-17)16-7-6-15(25)10-18(16)29)3-8-20(31)28-22-19(30)11-26-23(22)32/h1-2,4-7,9-10,19,22,27,29-30H,3,8,11H2,(H,26,32)(H,28,31)/t19-,22+/m1/s1. The number of phenols is 1. The Balaban J connectivity index is 1.60. The van der Waals surface area contributed by atoms with Gasteiger partial charge in [0.15, 0.2) is 0 Å². The molecule has 7 nitrogen and oxygen atoms in total. The van der Waals surface area contributed by atoms with E-state index < -0.39 is 29.8 Å². The van der Waals surface area contributed by atoms with E-state index >= 15 is 0 Å². The third-order valence-corrected chi connectivity index (χ3v) is 5.37. The summed E-state index contributed by atoms with van der Waals surface area (Å²) in [6, 6.07) is 10.2. The summed E-state index contributed by atoms with van der Waals surface area (Å²) in [7, 11) is 0. The number of halogens is 2. The van der Waals surface area contributed by atoms with Crippen LogP contribution < -0.4 is 10.6 Å². The van der Waals surface area contributed by atoms with Crippen LogP contribution >= 0.6 is 0 Å². The van der Waals surface area contributed by atoms with Gasteiger partial charge in [0.1, 0.15) is 29.5 Å². The molecule has 5 N–H and O–H groups in total. The molecule has 4 rings (SSSR count). The summed E-state index contributed by atoms with van der Waals surface area (Å²) < 4.78 is 26.8. The van der Waals surface area contributed by atoms with Crippen LogP contribution in [-0.4, -0.2) is 45.7 Å². The van der Waals surface area contributed by atoms with Gasteiger partial charge < -0.3 is 25.8 Å². The number of β-amino-alcohol motifs (C(OH)–C–C–N with tert-alkyl or cyclic N) is 1. The summed E-state index contributed by atoms with van der Waals surface area (Å²) >= 11 is 0. The zero-order chi connectivity index (χ0) is 22.8. The second-order valence-electron chi connectivity index (χ2n) is 7.61. The molecule has 0 radical (unpaired) electrons. The minimum atomic E-state index is -0.996. The number of amides is 2. The Morgan fingerprint density at radius 3 is 2.47 bits per heavy atom. The number of aromatic hydroxyl groups is 1. The molecule has 3 aromatic rings. The van der Waals surface area contributed by atoms with Crippen LogP contribution in [0.3, 0.4) is 0 Å². The normalized spacial score (nSPS) is 17.9. The fraction of sp³-hybridized carbons (Fsp3) is 0.217. The number of aromatic nitrogens is 1. The van der Waals surface area contributed by atoms with Gasteiger partial charge in [0.25, 0.3) is 0 Å². The van der Waals surface area contributed by atoms with Gasteiger partial charge in [-0.2, -0.15) is 0 Å². The highest BCUT2D eigenvalue weighted by atomic mass is 19.1. The van der Waals surface area contributed by atoms with E-state index in [-0.39, 0.29) is 31.0 Å². The SMILES string of the molecule is O=C(CCc1cc(-c2ccc(F)cc2)[nH]c1-c1ccc(F)cc1O)N[C@@H]1C(=O)NC[C@H]1O. The number of carbonyl (C=O) groups is 2. The topological polar surface area (TPSA) is 114 Å². The molecule has 32 heavy (non-hydrogen) atoms. The van der Waals surface area contributed by atoms with Crippen LogP contribution in [0, 0.1) is 11.6 Å². The van der Waals surface area contributed by atoms with Gasteiger partial charge >= 0.3 is 0 Å². The van der Waals surface area contributed by atoms with E-state index in [9.17, 15) is 28.6 Å². The van der Waals surface area contributed by atoms with Gasteiger partial charge in [-0.1, -0.05) is 0 Å². The first-order chi connectivity index (χ1) is 15.3. The molecule has 2 atom stereocenters. The van der Waals surface area contributed by atoms with Crippen molar-refractivity contribution in [2.24, 2.45) is 0 Å². The molecule has 0 spiro atoms. The van der Waals surface area contributed by atoms with Crippen LogP contribution in [-0.2, 0) is 16.0 Å². The largest absolute Gasteiger partial charge is 0.507 e. The Morgan fingerprint density at radius 1 is 1.09 bits per heavy atom. The average molecular weight is 441 g/mol. The number of hydrogen-bond donors (Lipinski definition) is 5. The smallest absolute Gasteiger partial charge is 0.245 e. The number of aliphatic hydroxyl groups excluding tert-OH is 1. The van der Waals surface area contributed by atoms with Gasteiger partial charge in [-0.05, 0) is 60.0 Å². The van der Waals surface area contributed by atoms with Crippen LogP contribution in [0.25, 0.3) is 22.5 Å². The third kappa shape index (κ3) is 4.47. The molecular weight excluding hydrogens is 420 g/mol. The highest BCUT2D eigenvalue weighted by Crippen LogP contribution is 2.35. The zero-order valence-electron chi connectivity index (χ0n) is 16.9. The highest BCUT2D eigenvalue weighted by Gasteiger charge is 2.34. The predicted octanol–water partition coefficient (Wildman–Crippen LogP) is 2.24. The van der Waals surface area contributed by atoms with E-state index in [1.54, 1.807) is 18.2 Å². The van der Waals surface area contributed by atoms with E-state index in [0.717, 1.165) is 6.07 Å². The number of carbonyl (C=O) groups excluding carboxylic acids is 2. The molecule has 1 aromatic heterocycles. The molecular formula is C23H21F2N3O4. The van der Waals surface area contributed by atoms with Gasteiger partial charge in [0, 0.05) is 30.3 Å². The number of rotatable bonds is 6. The summed E-state index contributed by atoms with van der Waals surface area (Å²) in [6.45, 7) is 0.0800. The van der Waals surface area contributed by atoms with Crippen molar-refractivity contribution < 1.29 is 28.6 Å². The Morgan fingerprint density at radius 2 is 1.81 bits per heavy atom. The maximum Gasteiger partial charge on any atom is 0.245 e. The van der Waals surface area contributed by atoms with E-state index in [1.165, 1.54) is 24.3 Å². The predicted molar refractivity (Wildman–Crippen MR) is 113 cm³/mol. The maximum atomic E-state index is 13.5. The summed E-state index contributed by atoms with van der Waals surface area (Å²) in [5, 5.41) is 25.0. The van der Waals surface area contributed by atoms with Crippen molar-refractivity contribution in [2.75, 3.05) is 6.54 Å². The highest BCUT2D eigenvalue weighted by molar-refractivity contribution is 5.90. The van der Waals surface area contributed by atoms with E-state index in [1.807, 2.05) is 0 Å². The van der Waals surface area contributed by atoms with Crippen molar-refractivity contribution in [3.63, 3.8) is 0 Å². The minimum Gasteiger partial charge on any atom is -0.507 e. The number of aromatic amines is 1. The second-order valence-corrected chi connectivity index (χ2v) is 7.61. The molecule has 0 bridgehead atoms. The summed E-state index contributed by atoms with van der Waals surface area (Å²) in [5.41, 5.74) is 2.83. The molecule has 0 unspecified atom stereocenters. The molecule has 1 aliphatic rings. The van der Waals surface area contributed by atoms with Crippen molar-refractivity contribution in [2.45, 2.75) is 25.0 Å². The number of H-pyrrole nitrogens is 1. The number of aryl methyl sites for hydroxylation is 1. The van der Waals surface area contributed by atoms with Crippen LogP contribution in [0.4, 0.5) is 8.78 Å². The molecule has 2 heterocycles. The van der Waals surface area contributed by atoms with Crippen LogP contribution in [0.15, 0.2) is 48.5 Å². The van der Waals surface area contributed by atoms with Gasteiger partial charge in [0.05, 0.1) is 5.69 Å². The first-order valence-corrected chi connectivity index (χ1v) is 10.0. The number of nitrogens with one attached hydrogen (secondary N) is 3. The summed E-state index contributed by atoms with van der Waals surface area (Å²) in [5.74, 6) is -2.11. The van der Waals surface area contributed by atoms with Crippen LogP contribution in [0.2, 0.25) is 0 Å². The van der Waals surface area contributed by atoms with Crippen molar-refractivity contribution in [1.29, 1.82) is 0 Å². The lowest BCUT2D eigenvalue weighted by Crippen LogP contribution is -2.45. The zero-order valence-corrected chi connectivity index (χ0v) is 16.9. The first kappa shape index (κ1) is 21.5. The lowest BCUT2D eigenvalue weighted by atomic mass is 10.0. The molecule has 1 saturated heterocycles. The molecule has 1 aliphatic heterocycles. The molecule has 166 valence electrons. The van der Waals surface area contributed by atoms with Gasteiger partial charge in [-0.25, -0.2) is 8.78 Å².